The molecule has 0 aromatic carbocycles. The van der Waals surface area contributed by atoms with Crippen molar-refractivity contribution in [3.63, 3.8) is 0 Å². The summed E-state index contributed by atoms with van der Waals surface area (Å²) in [6, 6.07) is 0. The molecule has 0 amide bonds. The van der Waals surface area contributed by atoms with Crippen LogP contribution in [0, 0.1) is 5.41 Å². The third-order valence-corrected chi connectivity index (χ3v) is 3.02. The summed E-state index contributed by atoms with van der Waals surface area (Å²) < 4.78 is 0. The first-order valence-corrected chi connectivity index (χ1v) is 4.49. The average molecular weight is 176 g/mol. The van der Waals surface area contributed by atoms with Gasteiger partial charge >= 0.3 is 0 Å². The molecule has 64 valence electrons. The highest BCUT2D eigenvalue weighted by Crippen LogP contribution is 2.37. The lowest BCUT2D eigenvalue weighted by Crippen LogP contribution is -2.37. The first-order chi connectivity index (χ1) is 5.21. The van der Waals surface area contributed by atoms with Crippen LogP contribution < -0.4 is 5.73 Å². The van der Waals surface area contributed by atoms with Gasteiger partial charge in [-0.15, -0.1) is 0 Å². The lowest BCUT2D eigenvalue weighted by molar-refractivity contribution is -0.121. The van der Waals surface area contributed by atoms with Crippen LogP contribution in [0.4, 0.5) is 0 Å². The lowest BCUT2D eigenvalue weighted by Gasteiger charge is -2.32. The van der Waals surface area contributed by atoms with Gasteiger partial charge in [0.2, 0.25) is 5.24 Å². The molecule has 0 radical (unpaired) electrons. The molecule has 2 nitrogen and oxygen atoms in total. The van der Waals surface area contributed by atoms with E-state index < -0.39 is 0 Å². The van der Waals surface area contributed by atoms with E-state index in [9.17, 15) is 4.79 Å². The highest BCUT2D eigenvalue weighted by atomic mass is 35.5. The van der Waals surface area contributed by atoms with Gasteiger partial charge in [0, 0.05) is 6.54 Å². The van der Waals surface area contributed by atoms with Gasteiger partial charge in [-0.25, -0.2) is 0 Å². The molecule has 0 saturated heterocycles. The van der Waals surface area contributed by atoms with Crippen molar-refractivity contribution in [1.29, 1.82) is 0 Å². The zero-order valence-electron chi connectivity index (χ0n) is 6.61. The van der Waals surface area contributed by atoms with Crippen LogP contribution in [0.15, 0.2) is 0 Å². The van der Waals surface area contributed by atoms with E-state index in [4.69, 9.17) is 17.3 Å². The number of nitrogens with two attached hydrogens (primary N) is 1. The van der Waals surface area contributed by atoms with Crippen LogP contribution in [0.1, 0.15) is 32.1 Å². The Balaban J connectivity index is 2.64. The van der Waals surface area contributed by atoms with E-state index in [1.54, 1.807) is 0 Å². The van der Waals surface area contributed by atoms with E-state index in [1.807, 2.05) is 0 Å². The molecule has 0 aromatic heterocycles. The number of rotatable bonds is 2. The minimum atomic E-state index is -0.375. The molecule has 0 heterocycles. The fraction of sp³-hybridized carbons (Fsp3) is 0.875. The van der Waals surface area contributed by atoms with Crippen molar-refractivity contribution in [1.82, 2.24) is 0 Å². The van der Waals surface area contributed by atoms with Crippen molar-refractivity contribution in [3.05, 3.63) is 0 Å². The molecule has 2 N–H and O–H groups in total. The minimum absolute atomic E-state index is 0.236. The Morgan fingerprint density at radius 3 is 2.18 bits per heavy atom. The van der Waals surface area contributed by atoms with Crippen LogP contribution in [0.25, 0.3) is 0 Å². The second-order valence-electron chi connectivity index (χ2n) is 3.32. The van der Waals surface area contributed by atoms with E-state index in [0.29, 0.717) is 6.54 Å². The van der Waals surface area contributed by atoms with Crippen molar-refractivity contribution in [2.75, 3.05) is 6.54 Å². The van der Waals surface area contributed by atoms with Gasteiger partial charge in [-0.1, -0.05) is 19.3 Å². The van der Waals surface area contributed by atoms with E-state index in [-0.39, 0.29) is 10.7 Å². The second-order valence-corrected chi connectivity index (χ2v) is 3.66. The molecule has 0 spiro atoms. The molecule has 1 rings (SSSR count). The molecule has 0 unspecified atom stereocenters. The molecule has 11 heavy (non-hydrogen) atoms. The van der Waals surface area contributed by atoms with Gasteiger partial charge in [0.15, 0.2) is 0 Å². The van der Waals surface area contributed by atoms with Gasteiger partial charge in [0.25, 0.3) is 0 Å². The monoisotopic (exact) mass is 175 g/mol. The molecular formula is C8H14ClNO. The summed E-state index contributed by atoms with van der Waals surface area (Å²) in [6.45, 7) is 0.412. The zero-order chi connectivity index (χ0) is 8.32. The minimum Gasteiger partial charge on any atom is -0.329 e. The van der Waals surface area contributed by atoms with Crippen LogP contribution >= 0.6 is 11.6 Å². The summed E-state index contributed by atoms with van der Waals surface area (Å²) in [7, 11) is 0. The number of carbonyl (C=O) groups is 1. The molecular weight excluding hydrogens is 162 g/mol. The average Bonchev–Trinajstić information content (AvgIpc) is 2.05. The normalized spacial score (nSPS) is 23.1. The Hall–Kier alpha value is -0.0800. The predicted molar refractivity (Wildman–Crippen MR) is 45.4 cm³/mol. The SMILES string of the molecule is NCC1(C(=O)Cl)CCCCC1. The van der Waals surface area contributed by atoms with Crippen molar-refractivity contribution < 1.29 is 4.79 Å². The first-order valence-electron chi connectivity index (χ1n) is 4.11. The zero-order valence-corrected chi connectivity index (χ0v) is 7.36. The van der Waals surface area contributed by atoms with Gasteiger partial charge in [-0.05, 0) is 24.4 Å². The van der Waals surface area contributed by atoms with Gasteiger partial charge in [-0.2, -0.15) is 0 Å². The number of halogens is 1. The standard InChI is InChI=1S/C8H14ClNO/c9-7(11)8(6-10)4-2-1-3-5-8/h1-6,10H2. The topological polar surface area (TPSA) is 43.1 Å². The van der Waals surface area contributed by atoms with Gasteiger partial charge in [-0.3, -0.25) is 4.79 Å². The summed E-state index contributed by atoms with van der Waals surface area (Å²) in [4.78, 5) is 11.0. The quantitative estimate of drug-likeness (QED) is 0.649. The molecule has 1 fully saturated rings. The second kappa shape index (κ2) is 3.55. The number of hydrogen-bond donors (Lipinski definition) is 1. The van der Waals surface area contributed by atoms with Crippen molar-refractivity contribution in [2.45, 2.75) is 32.1 Å². The number of carbonyl (C=O) groups excluding carboxylic acids is 1. The van der Waals surface area contributed by atoms with Crippen LogP contribution in [-0.2, 0) is 4.79 Å². The summed E-state index contributed by atoms with van der Waals surface area (Å²) in [5, 5.41) is -0.236. The van der Waals surface area contributed by atoms with Gasteiger partial charge in [0.05, 0.1) is 5.41 Å². The lowest BCUT2D eigenvalue weighted by atomic mass is 9.75. The van der Waals surface area contributed by atoms with E-state index in [0.717, 1.165) is 25.7 Å². The van der Waals surface area contributed by atoms with E-state index >= 15 is 0 Å². The Kier molecular flexibility index (Phi) is 2.90. The maximum absolute atomic E-state index is 11.0. The summed E-state index contributed by atoms with van der Waals surface area (Å²) >= 11 is 5.49. The maximum Gasteiger partial charge on any atom is 0.229 e. The largest absolute Gasteiger partial charge is 0.329 e. The van der Waals surface area contributed by atoms with Crippen molar-refractivity contribution >= 4 is 16.8 Å². The van der Waals surface area contributed by atoms with Crippen LogP contribution in [-0.4, -0.2) is 11.8 Å². The third-order valence-electron chi connectivity index (χ3n) is 2.62. The smallest absolute Gasteiger partial charge is 0.229 e. The molecule has 1 aliphatic rings. The molecule has 0 atom stereocenters. The van der Waals surface area contributed by atoms with E-state index in [1.165, 1.54) is 6.42 Å². The Bertz CT molecular complexity index is 152. The highest BCUT2D eigenvalue weighted by Gasteiger charge is 2.36. The maximum atomic E-state index is 11.0. The fourth-order valence-electron chi connectivity index (χ4n) is 1.71. The van der Waals surface area contributed by atoms with Crippen LogP contribution in [0.5, 0.6) is 0 Å². The first kappa shape index (κ1) is 9.01. The highest BCUT2D eigenvalue weighted by molar-refractivity contribution is 6.64. The summed E-state index contributed by atoms with van der Waals surface area (Å²) in [5.74, 6) is 0. The predicted octanol–water partition coefficient (Wildman–Crippen LogP) is 1.66. The van der Waals surface area contributed by atoms with Crippen LogP contribution in [0.3, 0.4) is 0 Å². The van der Waals surface area contributed by atoms with Gasteiger partial charge in [0.1, 0.15) is 0 Å². The number of hydrogen-bond acceptors (Lipinski definition) is 2. The molecule has 0 bridgehead atoms. The fourth-order valence-corrected chi connectivity index (χ4v) is 1.98. The summed E-state index contributed by atoms with van der Waals surface area (Å²) in [6.07, 6.45) is 5.16. The van der Waals surface area contributed by atoms with Crippen LogP contribution in [0.2, 0.25) is 0 Å². The van der Waals surface area contributed by atoms with Gasteiger partial charge < -0.3 is 5.73 Å². The Morgan fingerprint density at radius 2 is 1.91 bits per heavy atom. The molecule has 0 aliphatic heterocycles. The van der Waals surface area contributed by atoms with Crippen molar-refractivity contribution in [2.24, 2.45) is 11.1 Å². The molecule has 3 heteroatoms. The Morgan fingerprint density at radius 1 is 1.36 bits per heavy atom. The molecule has 0 aromatic rings. The Labute approximate surface area is 72.1 Å². The molecule has 1 saturated carbocycles. The summed E-state index contributed by atoms with van der Waals surface area (Å²) in [5.41, 5.74) is 5.16. The third kappa shape index (κ3) is 1.74. The van der Waals surface area contributed by atoms with E-state index in [2.05, 4.69) is 0 Å². The van der Waals surface area contributed by atoms with Crippen molar-refractivity contribution in [3.8, 4) is 0 Å². The molecule has 1 aliphatic carbocycles.